The van der Waals surface area contributed by atoms with E-state index in [1.165, 1.54) is 13.2 Å². The van der Waals surface area contributed by atoms with Gasteiger partial charge in [-0.25, -0.2) is 4.79 Å². The summed E-state index contributed by atoms with van der Waals surface area (Å²) in [6.07, 6.45) is 0. The number of benzene rings is 1. The van der Waals surface area contributed by atoms with E-state index in [1.54, 1.807) is 26.0 Å². The topological polar surface area (TPSA) is 68.4 Å². The van der Waals surface area contributed by atoms with Crippen LogP contribution in [-0.4, -0.2) is 24.7 Å². The number of aromatic nitrogens is 1. The number of aryl methyl sites for hydroxylation is 1. The molecule has 0 aliphatic heterocycles. The molecule has 1 N–H and O–H groups in total. The zero-order valence-corrected chi connectivity index (χ0v) is 11.1. The number of rotatable bonds is 3. The van der Waals surface area contributed by atoms with Gasteiger partial charge in [-0.15, -0.1) is 0 Å². The molecule has 0 aliphatic rings. The van der Waals surface area contributed by atoms with E-state index in [9.17, 15) is 9.59 Å². The van der Waals surface area contributed by atoms with Gasteiger partial charge in [-0.3, -0.25) is 4.79 Å². The van der Waals surface area contributed by atoms with E-state index >= 15 is 0 Å². The van der Waals surface area contributed by atoms with Gasteiger partial charge in [0.05, 0.1) is 24.8 Å². The quantitative estimate of drug-likeness (QED) is 0.858. The maximum Gasteiger partial charge on any atom is 0.340 e. The Kier molecular flexibility index (Phi) is 3.55. The fourth-order valence-electron chi connectivity index (χ4n) is 1.94. The number of hydrogen-bond acceptors (Lipinski definition) is 4. The average molecular weight is 261 g/mol. The molecule has 2 aromatic rings. The second-order valence-corrected chi connectivity index (χ2v) is 4.13. The zero-order chi connectivity index (χ0) is 14.0. The van der Waals surface area contributed by atoms with Crippen molar-refractivity contribution in [2.45, 2.75) is 13.8 Å². The smallest absolute Gasteiger partial charge is 0.340 e. The first-order valence-electron chi connectivity index (χ1n) is 5.95. The Bertz CT molecular complexity index is 688. The lowest BCUT2D eigenvalue weighted by Crippen LogP contribution is -2.11. The van der Waals surface area contributed by atoms with E-state index in [2.05, 4.69) is 4.98 Å². The first-order valence-corrected chi connectivity index (χ1v) is 5.95. The molecule has 0 amide bonds. The lowest BCUT2D eigenvalue weighted by atomic mass is 10.1. The number of esters is 1. The Morgan fingerprint density at radius 3 is 2.68 bits per heavy atom. The highest BCUT2D eigenvalue weighted by atomic mass is 16.5. The molecule has 0 radical (unpaired) electrons. The first kappa shape index (κ1) is 13.1. The number of ether oxygens (including phenoxy) is 2. The highest BCUT2D eigenvalue weighted by Gasteiger charge is 2.15. The minimum absolute atomic E-state index is 0.157. The number of aromatic amines is 1. The predicted octanol–water partition coefficient (Wildman–Crippen LogP) is 2.02. The molecule has 0 spiro atoms. The van der Waals surface area contributed by atoms with Crippen molar-refractivity contribution in [1.29, 1.82) is 0 Å². The number of carbonyl (C=O) groups is 1. The molecule has 0 atom stereocenters. The summed E-state index contributed by atoms with van der Waals surface area (Å²) >= 11 is 0. The van der Waals surface area contributed by atoms with Crippen molar-refractivity contribution in [2.75, 3.05) is 13.7 Å². The number of hydrogen-bond donors (Lipinski definition) is 1. The van der Waals surface area contributed by atoms with Crippen LogP contribution in [0.15, 0.2) is 23.0 Å². The van der Waals surface area contributed by atoms with Crippen molar-refractivity contribution in [2.24, 2.45) is 0 Å². The molecule has 1 aromatic heterocycles. The largest absolute Gasteiger partial charge is 0.497 e. The Hall–Kier alpha value is -2.30. The van der Waals surface area contributed by atoms with E-state index in [4.69, 9.17) is 9.47 Å². The lowest BCUT2D eigenvalue weighted by Gasteiger charge is -2.09. The molecule has 1 aromatic carbocycles. The van der Waals surface area contributed by atoms with Gasteiger partial charge in [0.2, 0.25) is 0 Å². The van der Waals surface area contributed by atoms with Gasteiger partial charge in [0.25, 0.3) is 0 Å². The summed E-state index contributed by atoms with van der Waals surface area (Å²) < 4.78 is 10.1. The number of methoxy groups -OCH3 is 1. The molecule has 5 nitrogen and oxygen atoms in total. The first-order chi connectivity index (χ1) is 9.06. The summed E-state index contributed by atoms with van der Waals surface area (Å²) in [5, 5.41) is 0.410. The molecule has 19 heavy (non-hydrogen) atoms. The van der Waals surface area contributed by atoms with Gasteiger partial charge in [0.15, 0.2) is 5.43 Å². The van der Waals surface area contributed by atoms with Crippen molar-refractivity contribution in [3.63, 3.8) is 0 Å². The van der Waals surface area contributed by atoms with Crippen molar-refractivity contribution in [3.05, 3.63) is 39.7 Å². The fourth-order valence-corrected chi connectivity index (χ4v) is 1.94. The van der Waals surface area contributed by atoms with Crippen LogP contribution in [0.4, 0.5) is 0 Å². The number of pyridine rings is 1. The number of H-pyrrole nitrogens is 1. The summed E-state index contributed by atoms with van der Waals surface area (Å²) in [5.74, 6) is -0.0300. The van der Waals surface area contributed by atoms with Crippen LogP contribution in [-0.2, 0) is 4.74 Å². The highest BCUT2D eigenvalue weighted by Crippen LogP contribution is 2.23. The van der Waals surface area contributed by atoms with E-state index in [0.29, 0.717) is 27.9 Å². The predicted molar refractivity (Wildman–Crippen MR) is 71.8 cm³/mol. The molecule has 0 bridgehead atoms. The number of carbonyl (C=O) groups excluding carboxylic acids is 1. The van der Waals surface area contributed by atoms with Gasteiger partial charge in [-0.05, 0) is 26.0 Å². The van der Waals surface area contributed by atoms with E-state index in [0.717, 1.165) is 0 Å². The SMILES string of the molecule is CCOC(=O)c1cc(OC)cc2c(=O)cc(C)[nH]c12. The standard InChI is InChI=1S/C14H15NO4/c1-4-19-14(17)11-7-9(18-3)6-10-12(16)5-8(2)15-13(10)11/h5-7H,4H2,1-3H3,(H,15,16). The van der Waals surface area contributed by atoms with E-state index in [1.807, 2.05) is 0 Å². The second kappa shape index (κ2) is 5.14. The Morgan fingerprint density at radius 2 is 2.05 bits per heavy atom. The molecule has 0 fully saturated rings. The van der Waals surface area contributed by atoms with E-state index in [-0.39, 0.29) is 12.0 Å². The van der Waals surface area contributed by atoms with Crippen LogP contribution in [0.3, 0.4) is 0 Å². The summed E-state index contributed by atoms with van der Waals surface area (Å²) in [6, 6.07) is 4.66. The maximum absolute atomic E-state index is 12.0. The zero-order valence-electron chi connectivity index (χ0n) is 11.1. The van der Waals surface area contributed by atoms with Gasteiger partial charge >= 0.3 is 5.97 Å². The summed E-state index contributed by atoms with van der Waals surface area (Å²) in [6.45, 7) is 3.77. The molecular formula is C14H15NO4. The van der Waals surface area contributed by atoms with Gasteiger partial charge in [0.1, 0.15) is 5.75 Å². The minimum Gasteiger partial charge on any atom is -0.497 e. The second-order valence-electron chi connectivity index (χ2n) is 4.13. The van der Waals surface area contributed by atoms with Crippen LogP contribution < -0.4 is 10.2 Å². The fraction of sp³-hybridized carbons (Fsp3) is 0.286. The van der Waals surface area contributed by atoms with Crippen LogP contribution in [0, 0.1) is 6.92 Å². The van der Waals surface area contributed by atoms with Crippen molar-refractivity contribution in [1.82, 2.24) is 4.98 Å². The summed E-state index contributed by atoms with van der Waals surface area (Å²) in [5.41, 5.74) is 1.31. The summed E-state index contributed by atoms with van der Waals surface area (Å²) in [7, 11) is 1.48. The van der Waals surface area contributed by atoms with Crippen LogP contribution in [0.2, 0.25) is 0 Å². The molecule has 0 saturated carbocycles. The van der Waals surface area contributed by atoms with Crippen molar-refractivity contribution >= 4 is 16.9 Å². The third-order valence-electron chi connectivity index (χ3n) is 2.78. The molecule has 2 rings (SSSR count). The normalized spacial score (nSPS) is 10.5. The Labute approximate surface area is 110 Å². The Balaban J connectivity index is 2.79. The minimum atomic E-state index is -0.479. The third kappa shape index (κ3) is 2.45. The number of nitrogens with one attached hydrogen (secondary N) is 1. The third-order valence-corrected chi connectivity index (χ3v) is 2.78. The van der Waals surface area contributed by atoms with Crippen molar-refractivity contribution in [3.8, 4) is 5.75 Å². The van der Waals surface area contributed by atoms with Gasteiger partial charge in [-0.1, -0.05) is 0 Å². The lowest BCUT2D eigenvalue weighted by molar-refractivity contribution is 0.0528. The monoisotopic (exact) mass is 261 g/mol. The van der Waals surface area contributed by atoms with Gasteiger partial charge < -0.3 is 14.5 Å². The molecule has 0 saturated heterocycles. The molecule has 0 unspecified atom stereocenters. The summed E-state index contributed by atoms with van der Waals surface area (Å²) in [4.78, 5) is 27.0. The average Bonchev–Trinajstić information content (AvgIpc) is 2.38. The Morgan fingerprint density at radius 1 is 1.32 bits per heavy atom. The highest BCUT2D eigenvalue weighted by molar-refractivity contribution is 6.03. The molecular weight excluding hydrogens is 246 g/mol. The van der Waals surface area contributed by atoms with Crippen LogP contribution in [0.1, 0.15) is 23.0 Å². The van der Waals surface area contributed by atoms with Crippen molar-refractivity contribution < 1.29 is 14.3 Å². The molecule has 1 heterocycles. The van der Waals surface area contributed by atoms with Crippen LogP contribution in [0.5, 0.6) is 5.75 Å². The van der Waals surface area contributed by atoms with E-state index < -0.39 is 5.97 Å². The van der Waals surface area contributed by atoms with Gasteiger partial charge in [-0.2, -0.15) is 0 Å². The van der Waals surface area contributed by atoms with Gasteiger partial charge in [0, 0.05) is 17.1 Å². The number of fused-ring (bicyclic) bond motifs is 1. The van der Waals surface area contributed by atoms with Crippen LogP contribution >= 0.6 is 0 Å². The molecule has 100 valence electrons. The molecule has 5 heteroatoms. The van der Waals surface area contributed by atoms with Crippen LogP contribution in [0.25, 0.3) is 10.9 Å². The maximum atomic E-state index is 12.0. The molecule has 0 aliphatic carbocycles.